The number of aromatic nitrogens is 1. The van der Waals surface area contributed by atoms with Crippen LogP contribution in [0.3, 0.4) is 0 Å². The smallest absolute Gasteiger partial charge is 0.407 e. The molecule has 1 heterocycles. The molecule has 2 aromatic rings. The van der Waals surface area contributed by atoms with E-state index in [0.29, 0.717) is 22.4 Å². The van der Waals surface area contributed by atoms with E-state index in [9.17, 15) is 4.79 Å². The van der Waals surface area contributed by atoms with Gasteiger partial charge in [-0.2, -0.15) is 0 Å². The first-order valence-corrected chi connectivity index (χ1v) is 8.17. The van der Waals surface area contributed by atoms with Crippen molar-refractivity contribution in [2.75, 3.05) is 13.7 Å². The summed E-state index contributed by atoms with van der Waals surface area (Å²) in [6.07, 6.45) is 3.92. The van der Waals surface area contributed by atoms with Gasteiger partial charge in [0.25, 0.3) is 0 Å². The summed E-state index contributed by atoms with van der Waals surface area (Å²) >= 11 is 12.2. The molecule has 1 aliphatic carbocycles. The molecule has 0 unspecified atom stereocenters. The summed E-state index contributed by atoms with van der Waals surface area (Å²) in [4.78, 5) is 16.6. The summed E-state index contributed by atoms with van der Waals surface area (Å²) in [5.74, 6) is 0.564. The summed E-state index contributed by atoms with van der Waals surface area (Å²) in [5.41, 5.74) is 1.12. The molecule has 0 aliphatic heterocycles. The second kappa shape index (κ2) is 6.49. The van der Waals surface area contributed by atoms with Crippen molar-refractivity contribution in [2.45, 2.75) is 18.4 Å². The summed E-state index contributed by atoms with van der Waals surface area (Å²) in [5, 5.41) is 10.3. The second-order valence-electron chi connectivity index (χ2n) is 5.89. The number of hydrogen-bond acceptors (Lipinski definition) is 3. The van der Waals surface area contributed by atoms with Crippen LogP contribution in [0, 0.1) is 0 Å². The fourth-order valence-corrected chi connectivity index (χ4v) is 2.90. The molecule has 0 radical (unpaired) electrons. The summed E-state index contributed by atoms with van der Waals surface area (Å²) in [6.45, 7) is 0.296. The Kier molecular flexibility index (Phi) is 4.56. The van der Waals surface area contributed by atoms with Crippen LogP contribution in [0.1, 0.15) is 12.8 Å². The Morgan fingerprint density at radius 1 is 1.33 bits per heavy atom. The highest BCUT2D eigenvalue weighted by atomic mass is 35.5. The first-order chi connectivity index (χ1) is 11.4. The zero-order valence-electron chi connectivity index (χ0n) is 13.0. The second-order valence-corrected chi connectivity index (χ2v) is 6.73. The van der Waals surface area contributed by atoms with Crippen molar-refractivity contribution in [3.8, 4) is 16.9 Å². The Labute approximate surface area is 149 Å². The fourth-order valence-electron chi connectivity index (χ4n) is 2.51. The number of pyridine rings is 1. The van der Waals surface area contributed by atoms with E-state index < -0.39 is 11.6 Å². The Hall–Kier alpha value is -1.98. The van der Waals surface area contributed by atoms with Crippen molar-refractivity contribution in [2.24, 2.45) is 0 Å². The van der Waals surface area contributed by atoms with Gasteiger partial charge in [0.2, 0.25) is 0 Å². The molecule has 1 amide bonds. The van der Waals surface area contributed by atoms with Crippen LogP contribution in [0.15, 0.2) is 36.7 Å². The van der Waals surface area contributed by atoms with Crippen LogP contribution in [-0.4, -0.2) is 40.3 Å². The Morgan fingerprint density at radius 2 is 2.08 bits per heavy atom. The number of halogens is 2. The van der Waals surface area contributed by atoms with Gasteiger partial charge in [-0.25, -0.2) is 4.79 Å². The molecule has 126 valence electrons. The predicted molar refractivity (Wildman–Crippen MR) is 92.9 cm³/mol. The third-order valence-corrected chi connectivity index (χ3v) is 4.85. The van der Waals surface area contributed by atoms with Gasteiger partial charge in [-0.1, -0.05) is 23.2 Å². The van der Waals surface area contributed by atoms with Crippen LogP contribution in [0.2, 0.25) is 10.0 Å². The molecule has 1 aliphatic rings. The minimum absolute atomic E-state index is 0.296. The van der Waals surface area contributed by atoms with Gasteiger partial charge in [-0.05, 0) is 37.1 Å². The van der Waals surface area contributed by atoms with Crippen molar-refractivity contribution in [3.05, 3.63) is 46.7 Å². The molecule has 1 saturated carbocycles. The summed E-state index contributed by atoms with van der Waals surface area (Å²) < 4.78 is 5.79. The van der Waals surface area contributed by atoms with Crippen LogP contribution in [-0.2, 0) is 0 Å². The lowest BCUT2D eigenvalue weighted by atomic mass is 10.1. The number of hydrogen-bond donors (Lipinski definition) is 1. The SMILES string of the molecule is CN(C(=O)O)C1(COc2cncc(-c3cc(Cl)ccc3Cl)c2)CC1. The first-order valence-electron chi connectivity index (χ1n) is 7.41. The lowest BCUT2D eigenvalue weighted by Crippen LogP contribution is -2.42. The van der Waals surface area contributed by atoms with E-state index in [1.54, 1.807) is 37.6 Å². The van der Waals surface area contributed by atoms with Crippen molar-refractivity contribution < 1.29 is 14.6 Å². The van der Waals surface area contributed by atoms with Crippen molar-refractivity contribution in [3.63, 3.8) is 0 Å². The van der Waals surface area contributed by atoms with E-state index in [1.807, 2.05) is 6.07 Å². The highest BCUT2D eigenvalue weighted by molar-refractivity contribution is 6.35. The number of rotatable bonds is 5. The van der Waals surface area contributed by atoms with Gasteiger partial charge in [0.05, 0.1) is 11.7 Å². The lowest BCUT2D eigenvalue weighted by Gasteiger charge is -2.25. The van der Waals surface area contributed by atoms with Gasteiger partial charge in [-0.15, -0.1) is 0 Å². The fraction of sp³-hybridized carbons (Fsp3) is 0.294. The summed E-state index contributed by atoms with van der Waals surface area (Å²) in [6, 6.07) is 7.04. The molecule has 0 saturated heterocycles. The number of nitrogens with zero attached hydrogens (tertiary/aromatic N) is 2. The highest BCUT2D eigenvalue weighted by Gasteiger charge is 2.49. The summed E-state index contributed by atoms with van der Waals surface area (Å²) in [7, 11) is 1.57. The lowest BCUT2D eigenvalue weighted by molar-refractivity contribution is 0.109. The zero-order valence-corrected chi connectivity index (χ0v) is 14.5. The molecule has 24 heavy (non-hydrogen) atoms. The average Bonchev–Trinajstić information content (AvgIpc) is 3.36. The molecular weight excluding hydrogens is 351 g/mol. The van der Waals surface area contributed by atoms with Gasteiger partial charge in [0.15, 0.2) is 0 Å². The molecule has 1 aromatic heterocycles. The molecule has 0 atom stereocenters. The maximum absolute atomic E-state index is 11.1. The van der Waals surface area contributed by atoms with Gasteiger partial charge >= 0.3 is 6.09 Å². The van der Waals surface area contributed by atoms with Gasteiger partial charge in [0.1, 0.15) is 12.4 Å². The number of likely N-dealkylation sites (N-methyl/N-ethyl adjacent to an activating group) is 1. The number of carbonyl (C=O) groups is 1. The standard InChI is InChI=1S/C17H16Cl2N2O3/c1-21(16(22)23)17(4-5-17)10-24-13-6-11(8-20-9-13)14-7-12(18)2-3-15(14)19/h2-3,6-9H,4-5,10H2,1H3,(H,22,23). The quantitative estimate of drug-likeness (QED) is 0.841. The Bertz CT molecular complexity index is 778. The van der Waals surface area contributed by atoms with Crippen LogP contribution in [0.4, 0.5) is 4.79 Å². The molecular formula is C17H16Cl2N2O3. The van der Waals surface area contributed by atoms with E-state index in [-0.39, 0.29) is 0 Å². The third kappa shape index (κ3) is 3.42. The zero-order chi connectivity index (χ0) is 17.3. The number of benzene rings is 1. The van der Waals surface area contributed by atoms with E-state index in [1.165, 1.54) is 4.90 Å². The molecule has 0 bridgehead atoms. The molecule has 5 nitrogen and oxygen atoms in total. The van der Waals surface area contributed by atoms with Crippen LogP contribution < -0.4 is 4.74 Å². The maximum Gasteiger partial charge on any atom is 0.407 e. The normalized spacial score (nSPS) is 15.0. The minimum atomic E-state index is -0.950. The van der Waals surface area contributed by atoms with E-state index in [4.69, 9.17) is 33.0 Å². The topological polar surface area (TPSA) is 62.7 Å². The molecule has 1 aromatic carbocycles. The maximum atomic E-state index is 11.1. The van der Waals surface area contributed by atoms with Crippen LogP contribution in [0.5, 0.6) is 5.75 Å². The molecule has 0 spiro atoms. The number of ether oxygens (including phenoxy) is 1. The largest absolute Gasteiger partial charge is 0.490 e. The van der Waals surface area contributed by atoms with E-state index >= 15 is 0 Å². The minimum Gasteiger partial charge on any atom is -0.490 e. The van der Waals surface area contributed by atoms with Gasteiger partial charge in [0, 0.05) is 34.4 Å². The first kappa shape index (κ1) is 16.9. The molecule has 1 fully saturated rings. The van der Waals surface area contributed by atoms with E-state index in [0.717, 1.165) is 24.0 Å². The van der Waals surface area contributed by atoms with Crippen molar-refractivity contribution in [1.82, 2.24) is 9.88 Å². The molecule has 3 rings (SSSR count). The van der Waals surface area contributed by atoms with Crippen molar-refractivity contribution in [1.29, 1.82) is 0 Å². The van der Waals surface area contributed by atoms with Crippen LogP contribution >= 0.6 is 23.2 Å². The average molecular weight is 367 g/mol. The predicted octanol–water partition coefficient (Wildman–Crippen LogP) is 4.58. The van der Waals surface area contributed by atoms with Crippen molar-refractivity contribution >= 4 is 29.3 Å². The molecule has 1 N–H and O–H groups in total. The monoisotopic (exact) mass is 366 g/mol. The van der Waals surface area contributed by atoms with Gasteiger partial charge < -0.3 is 14.7 Å². The van der Waals surface area contributed by atoms with E-state index in [2.05, 4.69) is 4.98 Å². The third-order valence-electron chi connectivity index (χ3n) is 4.29. The Balaban J connectivity index is 1.77. The highest BCUT2D eigenvalue weighted by Crippen LogP contribution is 2.41. The van der Waals surface area contributed by atoms with Crippen LogP contribution in [0.25, 0.3) is 11.1 Å². The molecule has 7 heteroatoms. The number of carboxylic acid groups (broad SMARTS) is 1. The number of amides is 1. The van der Waals surface area contributed by atoms with Gasteiger partial charge in [-0.3, -0.25) is 4.98 Å². The Morgan fingerprint density at radius 3 is 2.75 bits per heavy atom.